The molecule has 0 aliphatic carbocycles. The lowest BCUT2D eigenvalue weighted by atomic mass is 10.0. The Morgan fingerprint density at radius 3 is 2.63 bits per heavy atom. The van der Waals surface area contributed by atoms with Crippen LogP contribution < -0.4 is 10.2 Å². The van der Waals surface area contributed by atoms with Crippen LogP contribution in [-0.4, -0.2) is 22.8 Å². The lowest BCUT2D eigenvalue weighted by Crippen LogP contribution is -2.38. The number of aromatic nitrogens is 1. The summed E-state index contributed by atoms with van der Waals surface area (Å²) < 4.78 is 0. The van der Waals surface area contributed by atoms with Gasteiger partial charge in [0.25, 0.3) is 5.91 Å². The topological polar surface area (TPSA) is 62.3 Å². The molecule has 4 rings (SSSR count). The number of rotatable bonds is 5. The van der Waals surface area contributed by atoms with Gasteiger partial charge in [-0.1, -0.05) is 31.2 Å². The number of nitrogens with zero attached hydrogens (tertiary/aromatic N) is 2. The Kier molecular flexibility index (Phi) is 5.61. The number of hydrogen-bond acceptors (Lipinski definition) is 3. The Labute approximate surface area is 176 Å². The molecule has 1 aliphatic rings. The smallest absolute Gasteiger partial charge is 0.255 e. The van der Waals surface area contributed by atoms with E-state index < -0.39 is 0 Å². The molecular weight excluding hydrogens is 374 g/mol. The second kappa shape index (κ2) is 8.49. The van der Waals surface area contributed by atoms with Crippen molar-refractivity contribution < 1.29 is 9.59 Å². The highest BCUT2D eigenvalue weighted by molar-refractivity contribution is 6.04. The first kappa shape index (κ1) is 19.8. The molecule has 0 spiro atoms. The van der Waals surface area contributed by atoms with E-state index >= 15 is 0 Å². The van der Waals surface area contributed by atoms with Gasteiger partial charge in [0.05, 0.1) is 0 Å². The average molecular weight is 399 g/mol. The van der Waals surface area contributed by atoms with Crippen LogP contribution in [0.4, 0.5) is 11.4 Å². The summed E-state index contributed by atoms with van der Waals surface area (Å²) >= 11 is 0. The number of aryl methyl sites for hydroxylation is 1. The van der Waals surface area contributed by atoms with E-state index in [-0.39, 0.29) is 17.9 Å². The number of anilines is 2. The molecule has 152 valence electrons. The summed E-state index contributed by atoms with van der Waals surface area (Å²) in [6.45, 7) is 3.91. The number of amides is 2. The average Bonchev–Trinajstić information content (AvgIpc) is 3.10. The first-order chi connectivity index (χ1) is 14.5. The minimum atomic E-state index is -0.141. The molecule has 0 fully saturated rings. The summed E-state index contributed by atoms with van der Waals surface area (Å²) in [5.74, 6) is -0.0298. The third-order valence-corrected chi connectivity index (χ3v) is 5.43. The zero-order valence-electron chi connectivity index (χ0n) is 17.3. The molecule has 1 unspecified atom stereocenters. The van der Waals surface area contributed by atoms with Gasteiger partial charge in [-0.2, -0.15) is 0 Å². The van der Waals surface area contributed by atoms with Crippen molar-refractivity contribution in [3.05, 3.63) is 89.2 Å². The summed E-state index contributed by atoms with van der Waals surface area (Å²) in [6, 6.07) is 17.1. The van der Waals surface area contributed by atoms with E-state index in [0.29, 0.717) is 12.0 Å². The predicted octanol–water partition coefficient (Wildman–Crippen LogP) is 4.55. The van der Waals surface area contributed by atoms with E-state index in [1.54, 1.807) is 12.1 Å². The maximum Gasteiger partial charge on any atom is 0.255 e. The third kappa shape index (κ3) is 4.10. The van der Waals surface area contributed by atoms with E-state index in [2.05, 4.69) is 16.4 Å². The van der Waals surface area contributed by atoms with Crippen LogP contribution in [0, 0.1) is 6.92 Å². The number of nitrogens with one attached hydrogen (secondary N) is 1. The molecular formula is C25H25N3O2. The van der Waals surface area contributed by atoms with E-state index in [0.717, 1.165) is 40.9 Å². The minimum absolute atomic E-state index is 0.0520. The molecule has 3 aromatic rings. The molecule has 30 heavy (non-hydrogen) atoms. The normalized spacial score (nSPS) is 15.0. The third-order valence-electron chi connectivity index (χ3n) is 5.43. The molecule has 2 aromatic carbocycles. The number of hydrogen-bond donors (Lipinski definition) is 1. The Hall–Kier alpha value is -3.47. The van der Waals surface area contributed by atoms with Gasteiger partial charge in [0.1, 0.15) is 0 Å². The van der Waals surface area contributed by atoms with Gasteiger partial charge in [-0.15, -0.1) is 0 Å². The van der Waals surface area contributed by atoms with Crippen molar-refractivity contribution in [2.45, 2.75) is 39.2 Å². The van der Waals surface area contributed by atoms with Gasteiger partial charge in [0.15, 0.2) is 0 Å². The number of benzene rings is 2. The van der Waals surface area contributed by atoms with E-state index in [1.807, 2.05) is 67.5 Å². The summed E-state index contributed by atoms with van der Waals surface area (Å²) in [4.78, 5) is 31.4. The van der Waals surface area contributed by atoms with Crippen LogP contribution in [0.5, 0.6) is 0 Å². The molecule has 0 saturated carbocycles. The van der Waals surface area contributed by atoms with Crippen LogP contribution in [-0.2, 0) is 17.6 Å². The zero-order chi connectivity index (χ0) is 21.1. The van der Waals surface area contributed by atoms with Crippen LogP contribution >= 0.6 is 0 Å². The van der Waals surface area contributed by atoms with Gasteiger partial charge in [-0.25, -0.2) is 0 Å². The molecule has 5 heteroatoms. The van der Waals surface area contributed by atoms with E-state index in [1.165, 1.54) is 0 Å². The van der Waals surface area contributed by atoms with Gasteiger partial charge < -0.3 is 10.2 Å². The predicted molar refractivity (Wildman–Crippen MR) is 119 cm³/mol. The van der Waals surface area contributed by atoms with Crippen LogP contribution in [0.1, 0.15) is 40.4 Å². The Bertz CT molecular complexity index is 1080. The van der Waals surface area contributed by atoms with E-state index in [4.69, 9.17) is 0 Å². The SMILES string of the molecule is CCC(=O)N1c2ccc(NC(=O)c3ccccc3)cc2CC1Cc1cncc(C)c1. The first-order valence-electron chi connectivity index (χ1n) is 10.3. The molecule has 0 saturated heterocycles. The number of fused-ring (bicyclic) bond motifs is 1. The fourth-order valence-electron chi connectivity index (χ4n) is 4.07. The van der Waals surface area contributed by atoms with Gasteiger partial charge in [0, 0.05) is 41.8 Å². The van der Waals surface area contributed by atoms with Gasteiger partial charge in [-0.3, -0.25) is 14.6 Å². The molecule has 0 radical (unpaired) electrons. The standard InChI is InChI=1S/C25H25N3O2/c1-3-24(29)28-22(12-18-11-17(2)15-26-16-18)14-20-13-21(9-10-23(20)28)27-25(30)19-7-5-4-6-8-19/h4-11,13,15-16,22H,3,12,14H2,1-2H3,(H,27,30). The largest absolute Gasteiger partial charge is 0.322 e. The fourth-order valence-corrected chi connectivity index (χ4v) is 4.07. The molecule has 5 nitrogen and oxygen atoms in total. The highest BCUT2D eigenvalue weighted by Crippen LogP contribution is 2.36. The Balaban J connectivity index is 1.58. The summed E-state index contributed by atoms with van der Waals surface area (Å²) in [5.41, 5.74) is 5.61. The number of carbonyl (C=O) groups is 2. The second-order valence-electron chi connectivity index (χ2n) is 7.71. The van der Waals surface area contributed by atoms with Crippen molar-refractivity contribution in [3.63, 3.8) is 0 Å². The van der Waals surface area contributed by atoms with E-state index in [9.17, 15) is 9.59 Å². The van der Waals surface area contributed by atoms with Crippen LogP contribution in [0.25, 0.3) is 0 Å². The Morgan fingerprint density at radius 2 is 1.90 bits per heavy atom. The van der Waals surface area contributed by atoms with Crippen molar-refractivity contribution in [1.82, 2.24) is 4.98 Å². The lowest BCUT2D eigenvalue weighted by molar-refractivity contribution is -0.118. The molecule has 2 heterocycles. The molecule has 1 aromatic heterocycles. The number of pyridine rings is 1. The summed E-state index contributed by atoms with van der Waals surface area (Å²) in [5, 5.41) is 2.97. The van der Waals surface area contributed by atoms with Gasteiger partial charge >= 0.3 is 0 Å². The van der Waals surface area contributed by atoms with Crippen LogP contribution in [0.3, 0.4) is 0 Å². The zero-order valence-corrected chi connectivity index (χ0v) is 17.3. The van der Waals surface area contributed by atoms with Crippen molar-refractivity contribution in [2.24, 2.45) is 0 Å². The summed E-state index contributed by atoms with van der Waals surface area (Å²) in [6.07, 6.45) is 5.67. The number of carbonyl (C=O) groups excluding carboxylic acids is 2. The lowest BCUT2D eigenvalue weighted by Gasteiger charge is -2.25. The van der Waals surface area contributed by atoms with Gasteiger partial charge in [0.2, 0.25) is 5.91 Å². The highest BCUT2D eigenvalue weighted by Gasteiger charge is 2.33. The van der Waals surface area contributed by atoms with Crippen molar-refractivity contribution >= 4 is 23.2 Å². The van der Waals surface area contributed by atoms with Crippen LogP contribution in [0.15, 0.2) is 67.0 Å². The maximum absolute atomic E-state index is 12.7. The first-order valence-corrected chi connectivity index (χ1v) is 10.3. The van der Waals surface area contributed by atoms with Crippen molar-refractivity contribution in [2.75, 3.05) is 10.2 Å². The van der Waals surface area contributed by atoms with Crippen LogP contribution in [0.2, 0.25) is 0 Å². The maximum atomic E-state index is 12.7. The second-order valence-corrected chi connectivity index (χ2v) is 7.71. The molecule has 1 aliphatic heterocycles. The fraction of sp³-hybridized carbons (Fsp3) is 0.240. The molecule has 1 atom stereocenters. The van der Waals surface area contributed by atoms with Gasteiger partial charge in [-0.05, 0) is 66.8 Å². The summed E-state index contributed by atoms with van der Waals surface area (Å²) in [7, 11) is 0. The Morgan fingerprint density at radius 1 is 1.10 bits per heavy atom. The quantitative estimate of drug-likeness (QED) is 0.684. The van der Waals surface area contributed by atoms with Crippen molar-refractivity contribution in [3.8, 4) is 0 Å². The minimum Gasteiger partial charge on any atom is -0.322 e. The molecule has 2 amide bonds. The molecule has 0 bridgehead atoms. The molecule has 1 N–H and O–H groups in total. The highest BCUT2D eigenvalue weighted by atomic mass is 16.2. The monoisotopic (exact) mass is 399 g/mol. The van der Waals surface area contributed by atoms with Crippen molar-refractivity contribution in [1.29, 1.82) is 0 Å².